The van der Waals surface area contributed by atoms with Crippen molar-refractivity contribution < 1.29 is 13.9 Å². The minimum atomic E-state index is -0.735. The molecule has 0 fully saturated rings. The highest BCUT2D eigenvalue weighted by molar-refractivity contribution is 5.81. The third-order valence-corrected chi connectivity index (χ3v) is 3.31. The number of nitrogens with zero attached hydrogens (tertiary/aromatic N) is 2. The fourth-order valence-corrected chi connectivity index (χ4v) is 2.13. The molecule has 0 saturated carbocycles. The molecule has 118 valence electrons. The highest BCUT2D eigenvalue weighted by Crippen LogP contribution is 2.18. The Bertz CT molecular complexity index is 655. The normalized spacial score (nSPS) is 12.0. The molecule has 1 amide bonds. The van der Waals surface area contributed by atoms with Crippen molar-refractivity contribution in [3.63, 3.8) is 0 Å². The molecule has 1 heterocycles. The van der Waals surface area contributed by atoms with Crippen LogP contribution >= 0.6 is 0 Å². The van der Waals surface area contributed by atoms with E-state index in [-0.39, 0.29) is 11.7 Å². The van der Waals surface area contributed by atoms with Crippen LogP contribution in [0, 0.1) is 12.7 Å². The van der Waals surface area contributed by atoms with Crippen molar-refractivity contribution in [1.29, 1.82) is 0 Å². The van der Waals surface area contributed by atoms with Gasteiger partial charge in [-0.3, -0.25) is 9.48 Å². The van der Waals surface area contributed by atoms with Gasteiger partial charge in [-0.15, -0.1) is 0 Å². The quantitative estimate of drug-likeness (QED) is 0.891. The first-order valence-electron chi connectivity index (χ1n) is 7.19. The molecule has 0 radical (unpaired) electrons. The van der Waals surface area contributed by atoms with Crippen LogP contribution in [0.2, 0.25) is 0 Å². The zero-order chi connectivity index (χ0) is 16.1. The van der Waals surface area contributed by atoms with E-state index in [4.69, 9.17) is 4.74 Å². The van der Waals surface area contributed by atoms with Gasteiger partial charge in [0, 0.05) is 13.2 Å². The molecule has 0 saturated heterocycles. The van der Waals surface area contributed by atoms with Crippen molar-refractivity contribution in [3.8, 4) is 5.75 Å². The lowest BCUT2D eigenvalue weighted by Gasteiger charge is -2.17. The molecule has 6 heteroatoms. The number of nitrogens with one attached hydrogen (secondary N) is 1. The second kappa shape index (κ2) is 7.06. The Balaban J connectivity index is 1.97. The predicted molar refractivity (Wildman–Crippen MR) is 80.9 cm³/mol. The van der Waals surface area contributed by atoms with Crippen molar-refractivity contribution in [3.05, 3.63) is 47.5 Å². The first-order chi connectivity index (χ1) is 10.5. The largest absolute Gasteiger partial charge is 0.478 e. The summed E-state index contributed by atoms with van der Waals surface area (Å²) >= 11 is 0. The molecule has 0 aliphatic heterocycles. The third kappa shape index (κ3) is 3.84. The zero-order valence-electron chi connectivity index (χ0n) is 13.0. The van der Waals surface area contributed by atoms with E-state index in [1.807, 2.05) is 27.1 Å². The molecule has 0 aliphatic rings. The summed E-state index contributed by atoms with van der Waals surface area (Å²) in [6.45, 7) is 4.07. The molecule has 22 heavy (non-hydrogen) atoms. The summed E-state index contributed by atoms with van der Waals surface area (Å²) in [5.41, 5.74) is 1.81. The van der Waals surface area contributed by atoms with Gasteiger partial charge >= 0.3 is 0 Å². The van der Waals surface area contributed by atoms with Gasteiger partial charge in [-0.2, -0.15) is 5.10 Å². The molecule has 0 bridgehead atoms. The first kappa shape index (κ1) is 16.0. The van der Waals surface area contributed by atoms with Gasteiger partial charge in [0.25, 0.3) is 5.91 Å². The highest BCUT2D eigenvalue weighted by atomic mass is 19.1. The smallest absolute Gasteiger partial charge is 0.261 e. The van der Waals surface area contributed by atoms with Crippen molar-refractivity contribution in [2.24, 2.45) is 7.05 Å². The Labute approximate surface area is 129 Å². The number of ether oxygens (including phenoxy) is 1. The maximum Gasteiger partial charge on any atom is 0.261 e. The zero-order valence-corrected chi connectivity index (χ0v) is 13.0. The number of hydrogen-bond donors (Lipinski definition) is 1. The molecule has 1 N–H and O–H groups in total. The fourth-order valence-electron chi connectivity index (χ4n) is 2.13. The van der Waals surface area contributed by atoms with Crippen LogP contribution in [0.1, 0.15) is 24.6 Å². The molecule has 0 aliphatic carbocycles. The van der Waals surface area contributed by atoms with Gasteiger partial charge in [0.05, 0.1) is 12.2 Å². The van der Waals surface area contributed by atoms with E-state index in [9.17, 15) is 9.18 Å². The number of benzene rings is 1. The summed E-state index contributed by atoms with van der Waals surface area (Å²) < 4.78 is 20.8. The topological polar surface area (TPSA) is 56.1 Å². The molecule has 2 rings (SSSR count). The molecule has 1 unspecified atom stereocenters. The molecular weight excluding hydrogens is 285 g/mol. The number of carbonyl (C=O) groups is 1. The van der Waals surface area contributed by atoms with E-state index in [2.05, 4.69) is 10.4 Å². The standard InChI is InChI=1S/C16H20FN3O2/c1-4-14(22-15-8-6-5-7-12(15)17)16(21)18-9-13-11(2)10-20(3)19-13/h5-8,10,14H,4,9H2,1-3H3,(H,18,21). The Morgan fingerprint density at radius 1 is 1.45 bits per heavy atom. The molecule has 1 aromatic carbocycles. The van der Waals surface area contributed by atoms with E-state index >= 15 is 0 Å². The summed E-state index contributed by atoms with van der Waals surface area (Å²) in [5, 5.41) is 7.05. The van der Waals surface area contributed by atoms with Crippen molar-refractivity contribution in [1.82, 2.24) is 15.1 Å². The van der Waals surface area contributed by atoms with E-state index in [0.29, 0.717) is 13.0 Å². The minimum absolute atomic E-state index is 0.0820. The van der Waals surface area contributed by atoms with Crippen LogP contribution in [0.3, 0.4) is 0 Å². The summed E-state index contributed by atoms with van der Waals surface area (Å²) in [4.78, 5) is 12.2. The van der Waals surface area contributed by atoms with Crippen LogP contribution in [0.15, 0.2) is 30.5 Å². The molecule has 1 atom stereocenters. The third-order valence-electron chi connectivity index (χ3n) is 3.31. The maximum atomic E-state index is 13.6. The first-order valence-corrected chi connectivity index (χ1v) is 7.19. The second-order valence-electron chi connectivity index (χ2n) is 5.10. The highest BCUT2D eigenvalue weighted by Gasteiger charge is 2.20. The number of carbonyl (C=O) groups excluding carboxylic acids is 1. The van der Waals surface area contributed by atoms with Crippen LogP contribution in [-0.4, -0.2) is 21.8 Å². The van der Waals surface area contributed by atoms with Crippen molar-refractivity contribution in [2.75, 3.05) is 0 Å². The van der Waals surface area contributed by atoms with Crippen LogP contribution in [0.5, 0.6) is 5.75 Å². The van der Waals surface area contributed by atoms with E-state index in [1.165, 1.54) is 12.1 Å². The number of aromatic nitrogens is 2. The molecular formula is C16H20FN3O2. The number of para-hydroxylation sites is 1. The number of hydrogen-bond acceptors (Lipinski definition) is 3. The average molecular weight is 305 g/mol. The molecule has 1 aromatic heterocycles. The van der Waals surface area contributed by atoms with E-state index in [0.717, 1.165) is 11.3 Å². The Kier molecular flexibility index (Phi) is 5.14. The molecule has 0 spiro atoms. The predicted octanol–water partition coefficient (Wildman–Crippen LogP) is 2.34. The van der Waals surface area contributed by atoms with Crippen LogP contribution < -0.4 is 10.1 Å². The van der Waals surface area contributed by atoms with Crippen LogP contribution in [-0.2, 0) is 18.4 Å². The van der Waals surface area contributed by atoms with Crippen molar-refractivity contribution in [2.45, 2.75) is 32.9 Å². The van der Waals surface area contributed by atoms with Gasteiger partial charge in [0.1, 0.15) is 0 Å². The fraction of sp³-hybridized carbons (Fsp3) is 0.375. The van der Waals surface area contributed by atoms with Crippen LogP contribution in [0.4, 0.5) is 4.39 Å². The maximum absolute atomic E-state index is 13.6. The Morgan fingerprint density at radius 3 is 2.77 bits per heavy atom. The lowest BCUT2D eigenvalue weighted by atomic mass is 10.2. The Hall–Kier alpha value is -2.37. The van der Waals surface area contributed by atoms with Gasteiger partial charge in [-0.05, 0) is 31.0 Å². The van der Waals surface area contributed by atoms with Gasteiger partial charge in [-0.1, -0.05) is 19.1 Å². The number of halogens is 1. The van der Waals surface area contributed by atoms with Crippen molar-refractivity contribution >= 4 is 5.91 Å². The lowest BCUT2D eigenvalue weighted by Crippen LogP contribution is -2.38. The molecule has 2 aromatic rings. The van der Waals surface area contributed by atoms with Gasteiger partial charge < -0.3 is 10.1 Å². The summed E-state index contributed by atoms with van der Waals surface area (Å²) in [7, 11) is 1.83. The van der Waals surface area contributed by atoms with Gasteiger partial charge in [0.2, 0.25) is 0 Å². The summed E-state index contributed by atoms with van der Waals surface area (Å²) in [6.07, 6.45) is 1.59. The summed E-state index contributed by atoms with van der Waals surface area (Å²) in [6, 6.07) is 6.05. The van der Waals surface area contributed by atoms with Gasteiger partial charge in [-0.25, -0.2) is 4.39 Å². The summed E-state index contributed by atoms with van der Waals surface area (Å²) in [5.74, 6) is -0.677. The SMILES string of the molecule is CCC(Oc1ccccc1F)C(=O)NCc1nn(C)cc1C. The number of aryl methyl sites for hydroxylation is 2. The van der Waals surface area contributed by atoms with Gasteiger partial charge in [0.15, 0.2) is 17.7 Å². The monoisotopic (exact) mass is 305 g/mol. The number of rotatable bonds is 6. The number of amides is 1. The van der Waals surface area contributed by atoms with E-state index < -0.39 is 11.9 Å². The average Bonchev–Trinajstić information content (AvgIpc) is 2.82. The van der Waals surface area contributed by atoms with E-state index in [1.54, 1.807) is 16.8 Å². The second-order valence-corrected chi connectivity index (χ2v) is 5.10. The lowest BCUT2D eigenvalue weighted by molar-refractivity contribution is -0.128. The Morgan fingerprint density at radius 2 is 2.18 bits per heavy atom. The molecule has 5 nitrogen and oxygen atoms in total. The van der Waals surface area contributed by atoms with Crippen LogP contribution in [0.25, 0.3) is 0 Å². The minimum Gasteiger partial charge on any atom is -0.478 e.